The van der Waals surface area contributed by atoms with E-state index in [-0.39, 0.29) is 5.97 Å². The van der Waals surface area contributed by atoms with Crippen molar-refractivity contribution < 1.29 is 14.3 Å². The number of esters is 1. The number of hydrogen-bond acceptors (Lipinski definition) is 3. The van der Waals surface area contributed by atoms with E-state index < -0.39 is 6.10 Å². The van der Waals surface area contributed by atoms with Gasteiger partial charge in [-0.25, -0.2) is 4.79 Å². The van der Waals surface area contributed by atoms with Crippen molar-refractivity contribution in [3.8, 4) is 0 Å². The Morgan fingerprint density at radius 2 is 1.22 bits per heavy atom. The summed E-state index contributed by atoms with van der Waals surface area (Å²) < 4.78 is 10.4. The maximum absolute atomic E-state index is 11.7. The smallest absolute Gasteiger partial charge is 0.335 e. The molecule has 0 saturated heterocycles. The summed E-state index contributed by atoms with van der Waals surface area (Å²) in [7, 11) is 0. The second-order valence-corrected chi connectivity index (χ2v) is 5.98. The van der Waals surface area contributed by atoms with Crippen LogP contribution < -0.4 is 0 Å². The highest BCUT2D eigenvalue weighted by molar-refractivity contribution is 5.74. The Hall–Kier alpha value is -1.87. The Kier molecular flexibility index (Phi) is 19.0. The fourth-order valence-electron chi connectivity index (χ4n) is 2.30. The molecule has 0 aliphatic carbocycles. The molecule has 0 aromatic heterocycles. The van der Waals surface area contributed by atoms with Gasteiger partial charge in [0.2, 0.25) is 0 Å². The van der Waals surface area contributed by atoms with E-state index in [2.05, 4.69) is 61.6 Å². The van der Waals surface area contributed by atoms with Crippen molar-refractivity contribution in [3.63, 3.8) is 0 Å². The molecule has 0 saturated carbocycles. The third-order valence-corrected chi connectivity index (χ3v) is 3.65. The minimum absolute atomic E-state index is 0.275. The van der Waals surface area contributed by atoms with E-state index in [0.717, 1.165) is 38.5 Å². The van der Waals surface area contributed by atoms with E-state index in [1.54, 1.807) is 6.92 Å². The van der Waals surface area contributed by atoms with Crippen LogP contribution in [0.2, 0.25) is 0 Å². The van der Waals surface area contributed by atoms with Crippen LogP contribution in [0.4, 0.5) is 0 Å². The number of carbonyl (C=O) groups is 1. The lowest BCUT2D eigenvalue weighted by atomic mass is 10.2. The molecule has 0 aromatic rings. The topological polar surface area (TPSA) is 35.5 Å². The van der Waals surface area contributed by atoms with E-state index in [1.165, 1.54) is 0 Å². The van der Waals surface area contributed by atoms with Gasteiger partial charge >= 0.3 is 5.97 Å². The number of rotatable bonds is 16. The van der Waals surface area contributed by atoms with Crippen LogP contribution in [0.3, 0.4) is 0 Å². The second kappa shape index (κ2) is 20.4. The monoisotopic (exact) mass is 374 g/mol. The van der Waals surface area contributed by atoms with Gasteiger partial charge in [0.25, 0.3) is 0 Å². The lowest BCUT2D eigenvalue weighted by molar-refractivity contribution is -0.156. The van der Waals surface area contributed by atoms with Crippen LogP contribution in [0, 0.1) is 0 Å². The van der Waals surface area contributed by atoms with Gasteiger partial charge in [-0.1, -0.05) is 67.7 Å². The van der Waals surface area contributed by atoms with E-state index >= 15 is 0 Å². The quantitative estimate of drug-likeness (QED) is 0.176. The van der Waals surface area contributed by atoms with Gasteiger partial charge < -0.3 is 9.47 Å². The third-order valence-electron chi connectivity index (χ3n) is 3.65. The standard InChI is InChI=1S/C24H38O3/c1-4-7-8-9-10-11-12-13-14-15-16-17-18-19-20-21-22-23(26-5-2)24(25)27-6-3/h7-8,10-11,13-14,16-17,20-21,23H,4-6,9,12,15,18-19,22H2,1-3H3. The van der Waals surface area contributed by atoms with Crippen LogP contribution in [-0.2, 0) is 14.3 Å². The van der Waals surface area contributed by atoms with Gasteiger partial charge in [-0.05, 0) is 52.4 Å². The van der Waals surface area contributed by atoms with Gasteiger partial charge in [0.15, 0.2) is 6.10 Å². The van der Waals surface area contributed by atoms with Crippen molar-refractivity contribution in [1.82, 2.24) is 0 Å². The summed E-state index contributed by atoms with van der Waals surface area (Å²) >= 11 is 0. The highest BCUT2D eigenvalue weighted by Gasteiger charge is 2.17. The van der Waals surface area contributed by atoms with Crippen LogP contribution in [0.1, 0.15) is 65.7 Å². The van der Waals surface area contributed by atoms with Crippen molar-refractivity contribution in [2.75, 3.05) is 13.2 Å². The Morgan fingerprint density at radius 1 is 0.704 bits per heavy atom. The molecule has 1 atom stereocenters. The first-order valence-electron chi connectivity index (χ1n) is 10.3. The molecule has 0 aliphatic heterocycles. The summed E-state index contributed by atoms with van der Waals surface area (Å²) in [6, 6.07) is 0. The molecule has 0 aromatic carbocycles. The highest BCUT2D eigenvalue weighted by Crippen LogP contribution is 2.05. The van der Waals surface area contributed by atoms with Crippen LogP contribution in [0.25, 0.3) is 0 Å². The van der Waals surface area contributed by atoms with Crippen LogP contribution >= 0.6 is 0 Å². The van der Waals surface area contributed by atoms with E-state index in [1.807, 2.05) is 13.0 Å². The minimum Gasteiger partial charge on any atom is -0.464 e. The average Bonchev–Trinajstić information content (AvgIpc) is 2.67. The first-order valence-corrected chi connectivity index (χ1v) is 10.3. The molecule has 0 spiro atoms. The lowest BCUT2D eigenvalue weighted by Crippen LogP contribution is -2.26. The second-order valence-electron chi connectivity index (χ2n) is 5.98. The Morgan fingerprint density at radius 3 is 1.74 bits per heavy atom. The van der Waals surface area contributed by atoms with E-state index in [4.69, 9.17) is 9.47 Å². The minimum atomic E-state index is -0.483. The number of ether oxygens (including phenoxy) is 2. The third kappa shape index (κ3) is 17.3. The van der Waals surface area contributed by atoms with Crippen molar-refractivity contribution in [1.29, 1.82) is 0 Å². The SMILES string of the molecule is CCC=CCC=CCC=CCC=CCCC=CCC(OCC)C(=O)OCC. The zero-order valence-corrected chi connectivity index (χ0v) is 17.4. The fourth-order valence-corrected chi connectivity index (χ4v) is 2.30. The number of hydrogen-bond donors (Lipinski definition) is 0. The summed E-state index contributed by atoms with van der Waals surface area (Å²) in [5, 5.41) is 0. The molecule has 0 heterocycles. The number of allylic oxidation sites excluding steroid dienone is 9. The van der Waals surface area contributed by atoms with Gasteiger partial charge in [-0.3, -0.25) is 0 Å². The van der Waals surface area contributed by atoms with Gasteiger partial charge in [-0.15, -0.1) is 0 Å². The summed E-state index contributed by atoms with van der Waals surface area (Å²) in [6.45, 7) is 6.74. The molecular formula is C24H38O3. The Balaban J connectivity index is 3.78. The molecule has 1 unspecified atom stereocenters. The highest BCUT2D eigenvalue weighted by atomic mass is 16.6. The summed E-state index contributed by atoms with van der Waals surface area (Å²) in [5.74, 6) is -0.275. The van der Waals surface area contributed by atoms with E-state index in [0.29, 0.717) is 19.6 Å². The van der Waals surface area contributed by atoms with Gasteiger partial charge in [0.1, 0.15) is 0 Å². The van der Waals surface area contributed by atoms with Gasteiger partial charge in [0.05, 0.1) is 6.61 Å². The molecule has 0 aliphatic rings. The molecule has 0 radical (unpaired) electrons. The molecule has 3 heteroatoms. The Labute approximate surface area is 166 Å². The molecule has 0 rings (SSSR count). The molecule has 0 amide bonds. The van der Waals surface area contributed by atoms with Crippen molar-refractivity contribution in [2.24, 2.45) is 0 Å². The first-order chi connectivity index (χ1) is 13.3. The summed E-state index contributed by atoms with van der Waals surface area (Å²) in [5.41, 5.74) is 0. The van der Waals surface area contributed by atoms with Gasteiger partial charge in [0, 0.05) is 13.0 Å². The predicted octanol–water partition coefficient (Wildman–Crippen LogP) is 6.49. The number of carbonyl (C=O) groups excluding carboxylic acids is 1. The molecule has 3 nitrogen and oxygen atoms in total. The van der Waals surface area contributed by atoms with E-state index in [9.17, 15) is 4.79 Å². The maximum atomic E-state index is 11.7. The zero-order chi connectivity index (χ0) is 20.0. The maximum Gasteiger partial charge on any atom is 0.335 e. The molecule has 0 N–H and O–H groups in total. The summed E-state index contributed by atoms with van der Waals surface area (Å²) in [6.07, 6.45) is 27.9. The molecule has 152 valence electrons. The lowest BCUT2D eigenvalue weighted by Gasteiger charge is -2.13. The molecule has 0 fully saturated rings. The molecular weight excluding hydrogens is 336 g/mol. The summed E-state index contributed by atoms with van der Waals surface area (Å²) in [4.78, 5) is 11.7. The molecule has 27 heavy (non-hydrogen) atoms. The first kappa shape index (κ1) is 25.1. The average molecular weight is 375 g/mol. The van der Waals surface area contributed by atoms with Crippen molar-refractivity contribution >= 4 is 5.97 Å². The zero-order valence-electron chi connectivity index (χ0n) is 17.4. The number of unbranched alkanes of at least 4 members (excludes halogenated alkanes) is 1. The van der Waals surface area contributed by atoms with Crippen LogP contribution in [0.15, 0.2) is 60.8 Å². The predicted molar refractivity (Wildman–Crippen MR) is 116 cm³/mol. The van der Waals surface area contributed by atoms with Gasteiger partial charge in [-0.2, -0.15) is 0 Å². The fraction of sp³-hybridized carbons (Fsp3) is 0.542. The van der Waals surface area contributed by atoms with Crippen LogP contribution in [0.5, 0.6) is 0 Å². The normalized spacial score (nSPS) is 13.7. The van der Waals surface area contributed by atoms with Crippen molar-refractivity contribution in [3.05, 3.63) is 60.8 Å². The van der Waals surface area contributed by atoms with Crippen molar-refractivity contribution in [2.45, 2.75) is 71.8 Å². The largest absolute Gasteiger partial charge is 0.464 e. The van der Waals surface area contributed by atoms with Crippen LogP contribution in [-0.4, -0.2) is 25.3 Å². The Bertz CT molecular complexity index is 484. The molecule has 0 bridgehead atoms.